The minimum atomic E-state index is 0.303. The third-order valence-corrected chi connectivity index (χ3v) is 3.80. The predicted molar refractivity (Wildman–Crippen MR) is 73.3 cm³/mol. The summed E-state index contributed by atoms with van der Waals surface area (Å²) in [5.41, 5.74) is 2.50. The second-order valence-corrected chi connectivity index (χ2v) is 5.17. The first-order chi connectivity index (χ1) is 8.72. The number of anilines is 1. The van der Waals surface area contributed by atoms with Crippen LogP contribution in [0, 0.1) is 0 Å². The quantitative estimate of drug-likeness (QED) is 0.916. The van der Waals surface area contributed by atoms with Gasteiger partial charge in [-0.25, -0.2) is 9.97 Å². The van der Waals surface area contributed by atoms with E-state index in [1.54, 1.807) is 18.5 Å². The molecule has 3 nitrogen and oxygen atoms in total. The van der Waals surface area contributed by atoms with Crippen LogP contribution in [-0.2, 0) is 12.8 Å². The molecule has 0 unspecified atom stereocenters. The van der Waals surface area contributed by atoms with Gasteiger partial charge in [-0.3, -0.25) is 0 Å². The number of rotatable bonds is 2. The van der Waals surface area contributed by atoms with Crippen molar-refractivity contribution in [2.45, 2.75) is 18.9 Å². The largest absolute Gasteiger partial charge is 0.351 e. The van der Waals surface area contributed by atoms with Crippen molar-refractivity contribution in [3.05, 3.63) is 51.8 Å². The summed E-state index contributed by atoms with van der Waals surface area (Å²) in [6.45, 7) is 0. The molecule has 0 saturated carbocycles. The fraction of sp³-hybridized carbons (Fsp3) is 0.231. The van der Waals surface area contributed by atoms with Crippen molar-refractivity contribution in [1.82, 2.24) is 9.97 Å². The number of hydrogen-bond donors (Lipinski definition) is 1. The zero-order valence-electron chi connectivity index (χ0n) is 9.53. The summed E-state index contributed by atoms with van der Waals surface area (Å²) in [7, 11) is 0. The molecule has 0 bridgehead atoms. The Morgan fingerprint density at radius 2 is 1.56 bits per heavy atom. The Morgan fingerprint density at radius 3 is 2.11 bits per heavy atom. The zero-order valence-corrected chi connectivity index (χ0v) is 11.0. The molecule has 1 N–H and O–H groups in total. The van der Waals surface area contributed by atoms with E-state index in [1.807, 2.05) is 12.1 Å². The Morgan fingerprint density at radius 1 is 1.00 bits per heavy atom. The second kappa shape index (κ2) is 4.75. The average molecular weight is 280 g/mol. The van der Waals surface area contributed by atoms with E-state index in [2.05, 4.69) is 15.3 Å². The number of fused-ring (bicyclic) bond motifs is 1. The normalized spacial score (nSPS) is 14.6. The first-order valence-corrected chi connectivity index (χ1v) is 6.48. The number of hydrogen-bond acceptors (Lipinski definition) is 3. The molecule has 18 heavy (non-hydrogen) atoms. The highest BCUT2D eigenvalue weighted by Gasteiger charge is 2.23. The highest BCUT2D eigenvalue weighted by molar-refractivity contribution is 6.42. The van der Waals surface area contributed by atoms with Gasteiger partial charge < -0.3 is 5.32 Å². The van der Waals surface area contributed by atoms with E-state index < -0.39 is 0 Å². The Labute approximate surface area is 115 Å². The van der Waals surface area contributed by atoms with Crippen LogP contribution in [0.15, 0.2) is 30.6 Å². The lowest BCUT2D eigenvalue weighted by Gasteiger charge is -2.10. The summed E-state index contributed by atoms with van der Waals surface area (Å²) >= 11 is 12.0. The fourth-order valence-corrected chi connectivity index (χ4v) is 2.64. The van der Waals surface area contributed by atoms with Crippen LogP contribution in [0.4, 0.5) is 5.95 Å². The van der Waals surface area contributed by atoms with Gasteiger partial charge >= 0.3 is 0 Å². The van der Waals surface area contributed by atoms with E-state index in [1.165, 1.54) is 11.1 Å². The SMILES string of the molecule is Clc1cc2c(cc1Cl)CC(Nc1ncccn1)C2. The molecule has 0 spiro atoms. The van der Waals surface area contributed by atoms with Crippen molar-refractivity contribution in [2.24, 2.45) is 0 Å². The molecule has 0 amide bonds. The Kier molecular flexibility index (Phi) is 3.10. The Hall–Kier alpha value is -1.32. The lowest BCUT2D eigenvalue weighted by atomic mass is 10.1. The standard InChI is InChI=1S/C13H11Cl2N3/c14-11-6-8-4-10(5-9(8)7-12(11)15)18-13-16-2-1-3-17-13/h1-3,6-7,10H,4-5H2,(H,16,17,18). The molecule has 3 rings (SSSR count). The highest BCUT2D eigenvalue weighted by atomic mass is 35.5. The molecule has 0 fully saturated rings. The van der Waals surface area contributed by atoms with Gasteiger partial charge in [0.1, 0.15) is 0 Å². The van der Waals surface area contributed by atoms with Gasteiger partial charge in [-0.15, -0.1) is 0 Å². The maximum atomic E-state index is 6.02. The summed E-state index contributed by atoms with van der Waals surface area (Å²) in [5, 5.41) is 4.55. The minimum absolute atomic E-state index is 0.303. The van der Waals surface area contributed by atoms with Crippen molar-refractivity contribution >= 4 is 29.2 Å². The highest BCUT2D eigenvalue weighted by Crippen LogP contribution is 2.31. The van der Waals surface area contributed by atoms with Gasteiger partial charge in [-0.05, 0) is 42.2 Å². The van der Waals surface area contributed by atoms with Crippen molar-refractivity contribution in [3.63, 3.8) is 0 Å². The van der Waals surface area contributed by atoms with Crippen molar-refractivity contribution in [1.29, 1.82) is 0 Å². The molecule has 1 aromatic carbocycles. The van der Waals surface area contributed by atoms with Crippen LogP contribution in [0.3, 0.4) is 0 Å². The van der Waals surface area contributed by atoms with Gasteiger partial charge in [0.2, 0.25) is 5.95 Å². The molecule has 5 heteroatoms. The summed E-state index contributed by atoms with van der Waals surface area (Å²) in [4.78, 5) is 8.33. The zero-order chi connectivity index (χ0) is 12.5. The van der Waals surface area contributed by atoms with E-state index >= 15 is 0 Å². The van der Waals surface area contributed by atoms with Gasteiger partial charge in [0.25, 0.3) is 0 Å². The lowest BCUT2D eigenvalue weighted by Crippen LogP contribution is -2.20. The third-order valence-electron chi connectivity index (χ3n) is 3.07. The van der Waals surface area contributed by atoms with E-state index in [0.717, 1.165) is 12.8 Å². The van der Waals surface area contributed by atoms with Gasteiger partial charge in [-0.2, -0.15) is 0 Å². The number of aromatic nitrogens is 2. The average Bonchev–Trinajstić information content (AvgIpc) is 2.72. The van der Waals surface area contributed by atoms with Crippen LogP contribution in [0.5, 0.6) is 0 Å². The van der Waals surface area contributed by atoms with Crippen molar-refractivity contribution in [3.8, 4) is 0 Å². The molecule has 0 saturated heterocycles. The Balaban J connectivity index is 1.77. The monoisotopic (exact) mass is 279 g/mol. The molecule has 0 aliphatic heterocycles. The van der Waals surface area contributed by atoms with Crippen molar-refractivity contribution in [2.75, 3.05) is 5.32 Å². The number of nitrogens with one attached hydrogen (secondary N) is 1. The fourth-order valence-electron chi connectivity index (χ4n) is 2.27. The maximum Gasteiger partial charge on any atom is 0.222 e. The van der Waals surface area contributed by atoms with Gasteiger partial charge in [0.15, 0.2) is 0 Å². The van der Waals surface area contributed by atoms with Crippen LogP contribution >= 0.6 is 23.2 Å². The first kappa shape index (κ1) is 11.8. The minimum Gasteiger partial charge on any atom is -0.351 e. The second-order valence-electron chi connectivity index (χ2n) is 4.36. The summed E-state index contributed by atoms with van der Waals surface area (Å²) in [6, 6.07) is 6.00. The summed E-state index contributed by atoms with van der Waals surface area (Å²) in [5.74, 6) is 0.660. The van der Waals surface area contributed by atoms with Crippen LogP contribution in [0.1, 0.15) is 11.1 Å². The maximum absolute atomic E-state index is 6.02. The van der Waals surface area contributed by atoms with E-state index in [-0.39, 0.29) is 0 Å². The molecule has 92 valence electrons. The van der Waals surface area contributed by atoms with Crippen LogP contribution in [-0.4, -0.2) is 16.0 Å². The molecule has 2 aromatic rings. The summed E-state index contributed by atoms with van der Waals surface area (Å²) < 4.78 is 0. The van der Waals surface area contributed by atoms with Gasteiger partial charge in [-0.1, -0.05) is 23.2 Å². The molecular weight excluding hydrogens is 269 g/mol. The van der Waals surface area contributed by atoms with Crippen LogP contribution in [0.2, 0.25) is 10.0 Å². The van der Waals surface area contributed by atoms with Gasteiger partial charge in [0, 0.05) is 18.4 Å². The molecule has 1 aliphatic rings. The molecule has 1 aliphatic carbocycles. The lowest BCUT2D eigenvalue weighted by molar-refractivity contribution is 0.761. The van der Waals surface area contributed by atoms with Crippen LogP contribution < -0.4 is 5.32 Å². The first-order valence-electron chi connectivity index (χ1n) is 5.73. The topological polar surface area (TPSA) is 37.8 Å². The third kappa shape index (κ3) is 2.28. The summed E-state index contributed by atoms with van der Waals surface area (Å²) in [6.07, 6.45) is 5.30. The number of benzene rings is 1. The molecule has 0 radical (unpaired) electrons. The molecular formula is C13H11Cl2N3. The smallest absolute Gasteiger partial charge is 0.222 e. The number of halogens is 2. The van der Waals surface area contributed by atoms with E-state index in [4.69, 9.17) is 23.2 Å². The van der Waals surface area contributed by atoms with Crippen molar-refractivity contribution < 1.29 is 0 Å². The van der Waals surface area contributed by atoms with Crippen LogP contribution in [0.25, 0.3) is 0 Å². The number of nitrogens with zero attached hydrogens (tertiary/aromatic N) is 2. The predicted octanol–water partition coefficient (Wildman–Crippen LogP) is 3.36. The molecule has 1 heterocycles. The van der Waals surface area contributed by atoms with E-state index in [9.17, 15) is 0 Å². The van der Waals surface area contributed by atoms with Gasteiger partial charge in [0.05, 0.1) is 10.0 Å². The molecule has 1 aromatic heterocycles. The Bertz CT molecular complexity index is 541. The molecule has 0 atom stereocenters. The van der Waals surface area contributed by atoms with E-state index in [0.29, 0.717) is 22.0 Å².